The van der Waals surface area contributed by atoms with Gasteiger partial charge in [0.15, 0.2) is 0 Å². The van der Waals surface area contributed by atoms with Gasteiger partial charge in [0.1, 0.15) is 11.4 Å². The largest absolute Gasteiger partial charge is 0.443 e. The van der Waals surface area contributed by atoms with Crippen LogP contribution in [-0.2, 0) is 4.74 Å². The van der Waals surface area contributed by atoms with Crippen LogP contribution in [0.2, 0.25) is 5.02 Å². The molecule has 0 bridgehead atoms. The van der Waals surface area contributed by atoms with Crippen molar-refractivity contribution >= 4 is 34.5 Å². The number of amides is 1. The topological polar surface area (TPSA) is 64.4 Å². The normalized spacial score (nSPS) is 11.6. The summed E-state index contributed by atoms with van der Waals surface area (Å²) in [5.41, 5.74) is 0.0710. The fourth-order valence-electron chi connectivity index (χ4n) is 3.07. The number of aromatic nitrogens is 2. The van der Waals surface area contributed by atoms with Gasteiger partial charge in [-0.1, -0.05) is 23.7 Å². The summed E-state index contributed by atoms with van der Waals surface area (Å²) in [4.78, 5) is 32.2. The molecule has 0 aliphatic rings. The van der Waals surface area contributed by atoms with Gasteiger partial charge in [-0.25, -0.2) is 23.6 Å². The SMILES string of the molecule is CCN(C(=O)OC(C)(C)C)c1nc2c(C)ccc(Cl)c2c(=O)n1-c1cccc(F)c1. The van der Waals surface area contributed by atoms with Gasteiger partial charge in [0.05, 0.1) is 21.6 Å². The number of fused-ring (bicyclic) bond motifs is 1. The summed E-state index contributed by atoms with van der Waals surface area (Å²) in [7, 11) is 0. The zero-order valence-electron chi connectivity index (χ0n) is 17.5. The molecule has 1 aromatic heterocycles. The highest BCUT2D eigenvalue weighted by Crippen LogP contribution is 2.27. The number of anilines is 1. The first-order valence-corrected chi connectivity index (χ1v) is 9.89. The second-order valence-corrected chi connectivity index (χ2v) is 8.25. The molecule has 0 spiro atoms. The van der Waals surface area contributed by atoms with Crippen LogP contribution in [0.3, 0.4) is 0 Å². The Labute approximate surface area is 178 Å². The van der Waals surface area contributed by atoms with Gasteiger partial charge in [-0.05, 0) is 64.4 Å². The number of nitrogens with zero attached hydrogens (tertiary/aromatic N) is 3. The number of carbonyl (C=O) groups excluding carboxylic acids is 1. The Bertz CT molecular complexity index is 1180. The van der Waals surface area contributed by atoms with E-state index in [9.17, 15) is 14.0 Å². The molecular weight excluding hydrogens is 409 g/mol. The molecule has 0 saturated carbocycles. The molecule has 0 fully saturated rings. The first-order valence-electron chi connectivity index (χ1n) is 9.52. The van der Waals surface area contributed by atoms with Crippen LogP contribution in [0.4, 0.5) is 15.1 Å². The van der Waals surface area contributed by atoms with E-state index in [2.05, 4.69) is 4.98 Å². The highest BCUT2D eigenvalue weighted by atomic mass is 35.5. The molecule has 0 unspecified atom stereocenters. The van der Waals surface area contributed by atoms with Crippen molar-refractivity contribution in [3.63, 3.8) is 0 Å². The lowest BCUT2D eigenvalue weighted by Gasteiger charge is -2.27. The van der Waals surface area contributed by atoms with E-state index in [0.29, 0.717) is 5.52 Å². The third kappa shape index (κ3) is 4.16. The van der Waals surface area contributed by atoms with E-state index < -0.39 is 23.1 Å². The van der Waals surface area contributed by atoms with Gasteiger partial charge in [0, 0.05) is 6.54 Å². The second-order valence-electron chi connectivity index (χ2n) is 7.84. The standard InChI is InChI=1S/C22H23ClFN3O3/c1-6-26(21(29)30-22(3,4)5)20-25-18-13(2)10-11-16(23)17(18)19(28)27(20)15-9-7-8-14(24)12-15/h7-12H,6H2,1-5H3. The van der Waals surface area contributed by atoms with Crippen LogP contribution in [0.15, 0.2) is 41.2 Å². The van der Waals surface area contributed by atoms with Crippen LogP contribution >= 0.6 is 11.6 Å². The molecule has 30 heavy (non-hydrogen) atoms. The minimum atomic E-state index is -0.745. The first-order chi connectivity index (χ1) is 14.0. The minimum absolute atomic E-state index is 0.0280. The van der Waals surface area contributed by atoms with E-state index in [-0.39, 0.29) is 28.6 Å². The third-order valence-electron chi connectivity index (χ3n) is 4.40. The molecule has 2 aromatic carbocycles. The van der Waals surface area contributed by atoms with Crippen LogP contribution < -0.4 is 10.5 Å². The number of benzene rings is 2. The van der Waals surface area contributed by atoms with E-state index in [1.54, 1.807) is 52.8 Å². The van der Waals surface area contributed by atoms with Crippen molar-refractivity contribution in [1.82, 2.24) is 9.55 Å². The predicted octanol–water partition coefficient (Wildman–Crippen LogP) is 5.25. The Kier molecular flexibility index (Phi) is 5.85. The maximum absolute atomic E-state index is 14.0. The van der Waals surface area contributed by atoms with Crippen molar-refractivity contribution in [2.45, 2.75) is 40.2 Å². The molecule has 6 nitrogen and oxygen atoms in total. The molecule has 0 aliphatic heterocycles. The molecule has 3 aromatic rings. The summed E-state index contributed by atoms with van der Waals surface area (Å²) >= 11 is 6.31. The molecule has 0 aliphatic carbocycles. The van der Waals surface area contributed by atoms with Crippen LogP contribution in [0.5, 0.6) is 0 Å². The lowest BCUT2D eigenvalue weighted by Crippen LogP contribution is -2.40. The maximum atomic E-state index is 14.0. The van der Waals surface area contributed by atoms with Gasteiger partial charge < -0.3 is 4.74 Å². The number of aryl methyl sites for hydroxylation is 1. The van der Waals surface area contributed by atoms with Crippen molar-refractivity contribution in [1.29, 1.82) is 0 Å². The fourth-order valence-corrected chi connectivity index (χ4v) is 3.30. The van der Waals surface area contributed by atoms with Crippen LogP contribution in [0.1, 0.15) is 33.3 Å². The summed E-state index contributed by atoms with van der Waals surface area (Å²) in [6, 6.07) is 8.87. The van der Waals surface area contributed by atoms with E-state index in [1.807, 2.05) is 0 Å². The first kappa shape index (κ1) is 21.8. The van der Waals surface area contributed by atoms with Gasteiger partial charge in [-0.2, -0.15) is 0 Å². The Morgan fingerprint density at radius 1 is 1.27 bits per heavy atom. The molecule has 3 rings (SSSR count). The molecule has 1 amide bonds. The zero-order valence-corrected chi connectivity index (χ0v) is 18.2. The second kappa shape index (κ2) is 8.07. The van der Waals surface area contributed by atoms with E-state index in [0.717, 1.165) is 5.56 Å². The van der Waals surface area contributed by atoms with Crippen LogP contribution in [0, 0.1) is 12.7 Å². The van der Waals surface area contributed by atoms with Gasteiger partial charge in [-0.15, -0.1) is 0 Å². The van der Waals surface area contributed by atoms with Crippen molar-refractivity contribution in [2.75, 3.05) is 11.4 Å². The molecular formula is C22H23ClFN3O3. The van der Waals surface area contributed by atoms with Gasteiger partial charge in [-0.3, -0.25) is 4.79 Å². The summed E-state index contributed by atoms with van der Waals surface area (Å²) in [6.07, 6.45) is -0.666. The lowest BCUT2D eigenvalue weighted by molar-refractivity contribution is 0.0579. The van der Waals surface area contributed by atoms with Crippen molar-refractivity contribution < 1.29 is 13.9 Å². The number of hydrogen-bond donors (Lipinski definition) is 0. The molecule has 0 saturated heterocycles. The number of hydrogen-bond acceptors (Lipinski definition) is 4. The Morgan fingerprint density at radius 3 is 2.57 bits per heavy atom. The van der Waals surface area contributed by atoms with Gasteiger partial charge in [0.2, 0.25) is 5.95 Å². The zero-order chi connectivity index (χ0) is 22.2. The number of halogens is 2. The fraction of sp³-hybridized carbons (Fsp3) is 0.318. The summed E-state index contributed by atoms with van der Waals surface area (Å²) < 4.78 is 20.7. The van der Waals surface area contributed by atoms with Crippen LogP contribution in [0.25, 0.3) is 16.6 Å². The highest BCUT2D eigenvalue weighted by molar-refractivity contribution is 6.35. The Hall–Kier alpha value is -2.93. The van der Waals surface area contributed by atoms with E-state index in [1.165, 1.54) is 27.7 Å². The van der Waals surface area contributed by atoms with Crippen LogP contribution in [-0.4, -0.2) is 27.8 Å². The minimum Gasteiger partial charge on any atom is -0.443 e. The Morgan fingerprint density at radius 2 is 1.97 bits per heavy atom. The average Bonchev–Trinajstić information content (AvgIpc) is 2.63. The summed E-state index contributed by atoms with van der Waals surface area (Å²) in [6.45, 7) is 8.95. The molecule has 0 radical (unpaired) electrons. The number of rotatable bonds is 3. The molecule has 1 heterocycles. The number of ether oxygens (including phenoxy) is 1. The van der Waals surface area contributed by atoms with Crippen molar-refractivity contribution in [3.05, 3.63) is 63.2 Å². The Balaban J connectivity index is 2.39. The lowest BCUT2D eigenvalue weighted by atomic mass is 10.1. The summed E-state index contributed by atoms with van der Waals surface area (Å²) in [5.74, 6) is -0.499. The van der Waals surface area contributed by atoms with E-state index in [4.69, 9.17) is 16.3 Å². The molecule has 158 valence electrons. The summed E-state index contributed by atoms with van der Waals surface area (Å²) in [5, 5.41) is 0.426. The third-order valence-corrected chi connectivity index (χ3v) is 4.71. The van der Waals surface area contributed by atoms with Gasteiger partial charge >= 0.3 is 6.09 Å². The molecule has 0 N–H and O–H groups in total. The smallest absolute Gasteiger partial charge is 0.417 e. The predicted molar refractivity (Wildman–Crippen MR) is 116 cm³/mol. The van der Waals surface area contributed by atoms with E-state index >= 15 is 0 Å². The quantitative estimate of drug-likeness (QED) is 0.568. The van der Waals surface area contributed by atoms with Crippen molar-refractivity contribution in [2.24, 2.45) is 0 Å². The molecule has 8 heteroatoms. The monoisotopic (exact) mass is 431 g/mol. The number of carbonyl (C=O) groups is 1. The molecule has 0 atom stereocenters. The highest BCUT2D eigenvalue weighted by Gasteiger charge is 2.28. The average molecular weight is 432 g/mol. The maximum Gasteiger partial charge on any atom is 0.417 e. The van der Waals surface area contributed by atoms with Gasteiger partial charge in [0.25, 0.3) is 5.56 Å². The van der Waals surface area contributed by atoms with Crippen molar-refractivity contribution in [3.8, 4) is 5.69 Å².